The van der Waals surface area contributed by atoms with E-state index in [4.69, 9.17) is 0 Å². The standard InChI is InChI=1S/2C20H11F3INO/c21-20(22,23)12-9-10-18(15(24)11-12)25-16-7-3-1-5-13(16)19(26)14-6-2-4-8-17(14)25;21-20(22,23)12-9-10-15(24)18(11-12)25-16-7-3-1-5-13(16)19(26)14-6-2-4-8-17(14)25/h2*1-11H. The molecule has 8 rings (SSSR count). The second-order valence-corrected chi connectivity index (χ2v) is 14.0. The summed E-state index contributed by atoms with van der Waals surface area (Å²) in [6, 6.07) is 35.5. The molecule has 0 saturated heterocycles. The first-order valence-electron chi connectivity index (χ1n) is 15.5. The normalized spacial score (nSPS) is 12.0. The van der Waals surface area contributed by atoms with E-state index < -0.39 is 23.5 Å². The molecule has 2 heterocycles. The van der Waals surface area contributed by atoms with Gasteiger partial charge in [-0.25, -0.2) is 0 Å². The second kappa shape index (κ2) is 13.7. The van der Waals surface area contributed by atoms with E-state index in [1.807, 2.05) is 61.9 Å². The molecule has 4 nitrogen and oxygen atoms in total. The quantitative estimate of drug-likeness (QED) is 0.0985. The molecule has 0 amide bonds. The third kappa shape index (κ3) is 6.46. The van der Waals surface area contributed by atoms with Gasteiger partial charge in [0.15, 0.2) is 10.9 Å². The van der Waals surface area contributed by atoms with Gasteiger partial charge in [-0.2, -0.15) is 26.3 Å². The van der Waals surface area contributed by atoms with Crippen LogP contribution in [-0.2, 0) is 12.4 Å². The summed E-state index contributed by atoms with van der Waals surface area (Å²) in [4.78, 5) is 25.6. The van der Waals surface area contributed by atoms with Gasteiger partial charge in [0.1, 0.15) is 0 Å². The lowest BCUT2D eigenvalue weighted by Crippen LogP contribution is -2.12. The van der Waals surface area contributed by atoms with E-state index in [2.05, 4.69) is 0 Å². The fourth-order valence-electron chi connectivity index (χ4n) is 6.24. The number of fused-ring (bicyclic) bond motifs is 4. The maximum atomic E-state index is 13.2. The first kappa shape index (κ1) is 35.7. The summed E-state index contributed by atoms with van der Waals surface area (Å²) in [6.07, 6.45) is -8.84. The van der Waals surface area contributed by atoms with Gasteiger partial charge in [-0.15, -0.1) is 0 Å². The maximum absolute atomic E-state index is 13.2. The molecular formula is C40H22F6I2N2O2. The van der Waals surface area contributed by atoms with Crippen LogP contribution in [0.15, 0.2) is 143 Å². The highest BCUT2D eigenvalue weighted by Crippen LogP contribution is 2.35. The van der Waals surface area contributed by atoms with Crippen LogP contribution in [0.2, 0.25) is 0 Å². The molecule has 0 atom stereocenters. The van der Waals surface area contributed by atoms with Crippen molar-refractivity contribution in [1.82, 2.24) is 9.13 Å². The molecule has 260 valence electrons. The molecule has 6 aromatic carbocycles. The van der Waals surface area contributed by atoms with Crippen molar-refractivity contribution in [3.05, 3.63) is 172 Å². The van der Waals surface area contributed by atoms with Gasteiger partial charge in [0, 0.05) is 28.7 Å². The molecule has 0 N–H and O–H groups in total. The van der Waals surface area contributed by atoms with Gasteiger partial charge in [0.25, 0.3) is 0 Å². The lowest BCUT2D eigenvalue weighted by molar-refractivity contribution is -0.138. The Morgan fingerprint density at radius 3 is 1.13 bits per heavy atom. The van der Waals surface area contributed by atoms with Crippen LogP contribution in [0.4, 0.5) is 26.3 Å². The molecular weight excluding hydrogens is 908 g/mol. The molecule has 0 aliphatic carbocycles. The fraction of sp³-hybridized carbons (Fsp3) is 0.0500. The van der Waals surface area contributed by atoms with E-state index in [0.29, 0.717) is 62.1 Å². The van der Waals surface area contributed by atoms with E-state index >= 15 is 0 Å². The maximum Gasteiger partial charge on any atom is 0.416 e. The summed E-state index contributed by atoms with van der Waals surface area (Å²) in [6.45, 7) is 0. The largest absolute Gasteiger partial charge is 0.416 e. The summed E-state index contributed by atoms with van der Waals surface area (Å²) in [5.41, 5.74) is 1.84. The molecule has 2 aromatic heterocycles. The molecule has 0 radical (unpaired) electrons. The van der Waals surface area contributed by atoms with E-state index in [0.717, 1.165) is 24.3 Å². The first-order chi connectivity index (χ1) is 24.8. The fourth-order valence-corrected chi connectivity index (χ4v) is 7.57. The average Bonchev–Trinajstić information content (AvgIpc) is 3.12. The van der Waals surface area contributed by atoms with Crippen molar-refractivity contribution in [3.63, 3.8) is 0 Å². The summed E-state index contributed by atoms with van der Waals surface area (Å²) >= 11 is 3.92. The third-order valence-electron chi connectivity index (χ3n) is 8.59. The summed E-state index contributed by atoms with van der Waals surface area (Å²) in [5, 5.41) is 2.00. The molecule has 0 saturated carbocycles. The smallest absolute Gasteiger partial charge is 0.308 e. The molecule has 0 bridgehead atoms. The highest BCUT2D eigenvalue weighted by molar-refractivity contribution is 14.1. The zero-order chi connectivity index (χ0) is 36.9. The summed E-state index contributed by atoms with van der Waals surface area (Å²) in [7, 11) is 0. The number of pyridine rings is 2. The zero-order valence-corrected chi connectivity index (χ0v) is 30.8. The predicted molar refractivity (Wildman–Crippen MR) is 210 cm³/mol. The van der Waals surface area contributed by atoms with Crippen LogP contribution in [-0.4, -0.2) is 9.13 Å². The highest BCUT2D eigenvalue weighted by Gasteiger charge is 2.32. The Balaban J connectivity index is 0.000000162. The van der Waals surface area contributed by atoms with Crippen molar-refractivity contribution >= 4 is 88.8 Å². The average molecular weight is 930 g/mol. The van der Waals surface area contributed by atoms with Crippen LogP contribution in [0.3, 0.4) is 0 Å². The Labute approximate surface area is 318 Å². The van der Waals surface area contributed by atoms with E-state index in [1.165, 1.54) is 12.1 Å². The number of aromatic nitrogens is 2. The Kier molecular flexibility index (Phi) is 9.40. The van der Waals surface area contributed by atoms with Gasteiger partial charge < -0.3 is 9.13 Å². The second-order valence-electron chi connectivity index (χ2n) is 11.7. The SMILES string of the molecule is O=c1c2ccccc2n(-c2cc(C(F)(F)F)ccc2I)c2ccccc12.O=c1c2ccccc2n(-c2ccc(C(F)(F)F)cc2I)c2ccccc12. The number of alkyl halides is 6. The van der Waals surface area contributed by atoms with Crippen LogP contribution in [0.25, 0.3) is 55.0 Å². The van der Waals surface area contributed by atoms with Crippen molar-refractivity contribution in [2.75, 3.05) is 0 Å². The number of para-hydroxylation sites is 4. The highest BCUT2D eigenvalue weighted by atomic mass is 127. The monoisotopic (exact) mass is 930 g/mol. The van der Waals surface area contributed by atoms with Crippen molar-refractivity contribution < 1.29 is 26.3 Å². The Bertz CT molecular complexity index is 2690. The van der Waals surface area contributed by atoms with Crippen LogP contribution in [0, 0.1) is 7.14 Å². The number of halogens is 8. The van der Waals surface area contributed by atoms with E-state index in [9.17, 15) is 35.9 Å². The number of hydrogen-bond donors (Lipinski definition) is 0. The Morgan fingerprint density at radius 1 is 0.404 bits per heavy atom. The zero-order valence-electron chi connectivity index (χ0n) is 26.4. The Morgan fingerprint density at radius 2 is 0.750 bits per heavy atom. The van der Waals surface area contributed by atoms with Gasteiger partial charge in [-0.1, -0.05) is 48.5 Å². The van der Waals surface area contributed by atoms with Gasteiger partial charge in [-0.05, 0) is 130 Å². The van der Waals surface area contributed by atoms with Crippen LogP contribution in [0.1, 0.15) is 11.1 Å². The summed E-state index contributed by atoms with van der Waals surface area (Å²) < 4.78 is 83.4. The molecule has 0 unspecified atom stereocenters. The molecule has 0 aliphatic rings. The molecule has 0 spiro atoms. The molecule has 0 aliphatic heterocycles. The number of hydrogen-bond acceptors (Lipinski definition) is 2. The van der Waals surface area contributed by atoms with Crippen LogP contribution in [0.5, 0.6) is 0 Å². The van der Waals surface area contributed by atoms with Crippen molar-refractivity contribution in [3.8, 4) is 11.4 Å². The Hall–Kier alpha value is -4.70. The van der Waals surface area contributed by atoms with Crippen LogP contribution < -0.4 is 10.9 Å². The van der Waals surface area contributed by atoms with Gasteiger partial charge >= 0.3 is 12.4 Å². The third-order valence-corrected chi connectivity index (χ3v) is 10.4. The molecule has 52 heavy (non-hydrogen) atoms. The predicted octanol–water partition coefficient (Wildman–Crippen LogP) is 11.5. The lowest BCUT2D eigenvalue weighted by atomic mass is 10.1. The number of benzene rings is 6. The first-order valence-corrected chi connectivity index (χ1v) is 17.7. The van der Waals surface area contributed by atoms with E-state index in [1.54, 1.807) is 89.5 Å². The number of rotatable bonds is 2. The molecule has 8 aromatic rings. The van der Waals surface area contributed by atoms with Gasteiger partial charge in [-0.3, -0.25) is 9.59 Å². The minimum absolute atomic E-state index is 0.0885. The molecule has 0 fully saturated rings. The minimum Gasteiger partial charge on any atom is -0.308 e. The topological polar surface area (TPSA) is 44.0 Å². The molecule has 12 heteroatoms. The van der Waals surface area contributed by atoms with Gasteiger partial charge in [0.2, 0.25) is 0 Å². The summed E-state index contributed by atoms with van der Waals surface area (Å²) in [5.74, 6) is 0. The van der Waals surface area contributed by atoms with Crippen molar-refractivity contribution in [1.29, 1.82) is 0 Å². The lowest BCUT2D eigenvalue weighted by Gasteiger charge is -2.18. The number of nitrogens with zero attached hydrogens (tertiary/aromatic N) is 2. The van der Waals surface area contributed by atoms with E-state index in [-0.39, 0.29) is 10.9 Å². The van der Waals surface area contributed by atoms with Crippen molar-refractivity contribution in [2.45, 2.75) is 12.4 Å². The van der Waals surface area contributed by atoms with Crippen LogP contribution >= 0.6 is 45.2 Å². The minimum atomic E-state index is -4.44. The van der Waals surface area contributed by atoms with Crippen molar-refractivity contribution in [2.24, 2.45) is 0 Å². The van der Waals surface area contributed by atoms with Gasteiger partial charge in [0.05, 0.1) is 44.6 Å².